The molecule has 0 aromatic carbocycles. The lowest BCUT2D eigenvalue weighted by molar-refractivity contribution is -0.122. The Morgan fingerprint density at radius 1 is 1.36 bits per heavy atom. The van der Waals surface area contributed by atoms with Crippen molar-refractivity contribution in [2.45, 2.75) is 18.2 Å². The van der Waals surface area contributed by atoms with Gasteiger partial charge in [-0.1, -0.05) is 12.2 Å². The lowest BCUT2D eigenvalue weighted by Gasteiger charge is -2.17. The van der Waals surface area contributed by atoms with Crippen LogP contribution in [-0.2, 0) is 9.53 Å². The molecule has 60 valence electrons. The number of amides is 1. The largest absolute Gasteiger partial charge is 0.369 e. The fraction of sp³-hybridized carbons (Fsp3) is 0.571. The highest BCUT2D eigenvalue weighted by molar-refractivity contribution is 5.79. The number of ether oxygens (including phenoxy) is 1. The summed E-state index contributed by atoms with van der Waals surface area (Å²) in [5, 5.41) is 0. The third-order valence-electron chi connectivity index (χ3n) is 2.28. The third kappa shape index (κ3) is 0.797. The zero-order valence-electron chi connectivity index (χ0n) is 5.94. The Morgan fingerprint density at radius 2 is 2.00 bits per heavy atom. The summed E-state index contributed by atoms with van der Waals surface area (Å²) < 4.78 is 5.32. The third-order valence-corrected chi connectivity index (χ3v) is 2.28. The van der Waals surface area contributed by atoms with Gasteiger partial charge in [0.1, 0.15) is 0 Å². The van der Waals surface area contributed by atoms with Crippen molar-refractivity contribution in [3.8, 4) is 0 Å². The number of nitrogens with two attached hydrogens (primary N) is 2. The Labute approximate surface area is 64.2 Å². The molecule has 0 radical (unpaired) electrons. The number of carbonyl (C=O) groups is 1. The lowest BCUT2D eigenvalue weighted by atomic mass is 9.89. The van der Waals surface area contributed by atoms with Crippen LogP contribution in [0.15, 0.2) is 12.2 Å². The summed E-state index contributed by atoms with van der Waals surface area (Å²) >= 11 is 0. The van der Waals surface area contributed by atoms with Gasteiger partial charge in [-0.25, -0.2) is 0 Å². The van der Waals surface area contributed by atoms with Crippen molar-refractivity contribution < 1.29 is 9.53 Å². The van der Waals surface area contributed by atoms with Crippen LogP contribution in [0.4, 0.5) is 0 Å². The number of primary amides is 1. The first-order chi connectivity index (χ1) is 5.20. The van der Waals surface area contributed by atoms with Crippen LogP contribution in [0.1, 0.15) is 0 Å². The van der Waals surface area contributed by atoms with Crippen LogP contribution >= 0.6 is 0 Å². The molecular weight excluding hydrogens is 144 g/mol. The van der Waals surface area contributed by atoms with E-state index in [-0.39, 0.29) is 30.1 Å². The maximum atomic E-state index is 10.8. The predicted octanol–water partition coefficient (Wildman–Crippen LogP) is -1.25. The SMILES string of the molecule is NC(=O)[C@@H]1[C@H](N)[C@H]2C=C[C@H]1O2. The van der Waals surface area contributed by atoms with Crippen molar-refractivity contribution >= 4 is 5.91 Å². The van der Waals surface area contributed by atoms with E-state index in [9.17, 15) is 4.79 Å². The van der Waals surface area contributed by atoms with Crippen LogP contribution in [0, 0.1) is 5.92 Å². The second-order valence-corrected chi connectivity index (χ2v) is 2.96. The van der Waals surface area contributed by atoms with E-state index in [0.717, 1.165) is 0 Å². The van der Waals surface area contributed by atoms with Crippen molar-refractivity contribution in [2.75, 3.05) is 0 Å². The molecule has 0 aromatic heterocycles. The van der Waals surface area contributed by atoms with E-state index in [1.807, 2.05) is 12.2 Å². The number of fused-ring (bicyclic) bond motifs is 2. The minimum absolute atomic E-state index is 0.0995. The average Bonchev–Trinajstić information content (AvgIpc) is 2.44. The number of hydrogen-bond donors (Lipinski definition) is 2. The first-order valence-electron chi connectivity index (χ1n) is 3.59. The van der Waals surface area contributed by atoms with Gasteiger partial charge in [0.25, 0.3) is 0 Å². The maximum absolute atomic E-state index is 10.8. The van der Waals surface area contributed by atoms with Crippen molar-refractivity contribution in [3.63, 3.8) is 0 Å². The predicted molar refractivity (Wildman–Crippen MR) is 38.5 cm³/mol. The average molecular weight is 154 g/mol. The van der Waals surface area contributed by atoms with Gasteiger partial charge in [-0.15, -0.1) is 0 Å². The molecule has 1 fully saturated rings. The minimum Gasteiger partial charge on any atom is -0.369 e. The summed E-state index contributed by atoms with van der Waals surface area (Å²) in [5.41, 5.74) is 10.8. The van der Waals surface area contributed by atoms with Crippen LogP contribution in [0.2, 0.25) is 0 Å². The highest BCUT2D eigenvalue weighted by Gasteiger charge is 2.46. The van der Waals surface area contributed by atoms with Gasteiger partial charge in [-0.05, 0) is 0 Å². The molecule has 4 nitrogen and oxygen atoms in total. The van der Waals surface area contributed by atoms with E-state index < -0.39 is 0 Å². The second kappa shape index (κ2) is 2.06. The van der Waals surface area contributed by atoms with Crippen LogP contribution < -0.4 is 11.5 Å². The Bertz CT molecular complexity index is 226. The lowest BCUT2D eigenvalue weighted by Crippen LogP contribution is -2.44. The zero-order chi connectivity index (χ0) is 8.01. The molecule has 2 heterocycles. The number of carbonyl (C=O) groups excluding carboxylic acids is 1. The molecule has 0 aliphatic carbocycles. The number of hydrogen-bond acceptors (Lipinski definition) is 3. The van der Waals surface area contributed by atoms with Crippen molar-refractivity contribution in [1.82, 2.24) is 0 Å². The summed E-state index contributed by atoms with van der Waals surface area (Å²) in [6.45, 7) is 0. The van der Waals surface area contributed by atoms with E-state index in [0.29, 0.717) is 0 Å². The summed E-state index contributed by atoms with van der Waals surface area (Å²) in [5.74, 6) is -0.695. The Balaban J connectivity index is 2.25. The molecule has 11 heavy (non-hydrogen) atoms. The van der Waals surface area contributed by atoms with E-state index in [1.165, 1.54) is 0 Å². The van der Waals surface area contributed by atoms with Crippen molar-refractivity contribution in [1.29, 1.82) is 0 Å². The molecule has 1 saturated heterocycles. The smallest absolute Gasteiger partial charge is 0.225 e. The van der Waals surface area contributed by atoms with Crippen molar-refractivity contribution in [3.05, 3.63) is 12.2 Å². The van der Waals surface area contributed by atoms with Gasteiger partial charge in [0, 0.05) is 6.04 Å². The van der Waals surface area contributed by atoms with Gasteiger partial charge in [0.15, 0.2) is 0 Å². The molecule has 2 aliphatic rings. The highest BCUT2D eigenvalue weighted by Crippen LogP contribution is 2.32. The van der Waals surface area contributed by atoms with Crippen LogP contribution in [0.3, 0.4) is 0 Å². The van der Waals surface area contributed by atoms with E-state index in [4.69, 9.17) is 16.2 Å². The van der Waals surface area contributed by atoms with Gasteiger partial charge in [0.05, 0.1) is 18.1 Å². The fourth-order valence-corrected chi connectivity index (χ4v) is 1.69. The molecule has 0 unspecified atom stereocenters. The normalized spacial score (nSPS) is 46.6. The van der Waals surface area contributed by atoms with Crippen molar-refractivity contribution in [2.24, 2.45) is 17.4 Å². The Kier molecular flexibility index (Phi) is 1.27. The summed E-state index contributed by atoms with van der Waals surface area (Å²) in [7, 11) is 0. The van der Waals surface area contributed by atoms with E-state index >= 15 is 0 Å². The number of rotatable bonds is 1. The maximum Gasteiger partial charge on any atom is 0.225 e. The fourth-order valence-electron chi connectivity index (χ4n) is 1.69. The zero-order valence-corrected chi connectivity index (χ0v) is 5.94. The second-order valence-electron chi connectivity index (χ2n) is 2.96. The monoisotopic (exact) mass is 154 g/mol. The summed E-state index contributed by atoms with van der Waals surface area (Å²) in [6, 6.07) is -0.248. The van der Waals surface area contributed by atoms with Gasteiger partial charge in [-0.2, -0.15) is 0 Å². The van der Waals surface area contributed by atoms with Gasteiger partial charge in [-0.3, -0.25) is 4.79 Å². The molecule has 2 rings (SSSR count). The van der Waals surface area contributed by atoms with Crippen LogP contribution in [-0.4, -0.2) is 24.2 Å². The topological polar surface area (TPSA) is 78.3 Å². The first-order valence-corrected chi connectivity index (χ1v) is 3.59. The van der Waals surface area contributed by atoms with E-state index in [1.54, 1.807) is 0 Å². The molecule has 0 spiro atoms. The highest BCUT2D eigenvalue weighted by atomic mass is 16.5. The molecule has 4 N–H and O–H groups in total. The molecule has 1 amide bonds. The summed E-state index contributed by atoms with van der Waals surface area (Å²) in [6.07, 6.45) is 3.46. The molecular formula is C7H10N2O2. The Morgan fingerprint density at radius 3 is 2.36 bits per heavy atom. The molecule has 2 aliphatic heterocycles. The minimum atomic E-state index is -0.366. The quantitative estimate of drug-likeness (QED) is 0.463. The Hall–Kier alpha value is -0.870. The summed E-state index contributed by atoms with van der Waals surface area (Å²) in [4.78, 5) is 10.8. The van der Waals surface area contributed by atoms with Gasteiger partial charge < -0.3 is 16.2 Å². The molecule has 2 bridgehead atoms. The van der Waals surface area contributed by atoms with Gasteiger partial charge in [0.2, 0.25) is 5.91 Å². The molecule has 4 heteroatoms. The molecule has 0 aromatic rings. The van der Waals surface area contributed by atoms with Crippen LogP contribution in [0.5, 0.6) is 0 Å². The van der Waals surface area contributed by atoms with Gasteiger partial charge >= 0.3 is 0 Å². The first kappa shape index (κ1) is 6.82. The van der Waals surface area contributed by atoms with E-state index in [2.05, 4.69) is 0 Å². The van der Waals surface area contributed by atoms with Crippen LogP contribution in [0.25, 0.3) is 0 Å². The molecule has 0 saturated carbocycles. The standard InChI is InChI=1S/C7H10N2O2/c8-6-4-2-1-3(11-4)5(6)7(9)10/h1-6H,8H2,(H2,9,10)/t3-,4-,5+,6-/m1/s1. The molecule has 4 atom stereocenters.